The van der Waals surface area contributed by atoms with Crippen molar-refractivity contribution in [3.8, 4) is 0 Å². The highest BCUT2D eigenvalue weighted by Gasteiger charge is 2.18. The van der Waals surface area contributed by atoms with E-state index in [0.717, 1.165) is 25.7 Å². The smallest absolute Gasteiger partial charge is 0.220 e. The van der Waals surface area contributed by atoms with Crippen molar-refractivity contribution >= 4 is 5.91 Å². The number of hydrogen-bond donors (Lipinski definition) is 3. The monoisotopic (exact) mass is 788 g/mol. The highest BCUT2D eigenvalue weighted by atomic mass is 16.3. The molecule has 2 unspecified atom stereocenters. The van der Waals surface area contributed by atoms with Gasteiger partial charge in [0.1, 0.15) is 0 Å². The molecule has 3 N–H and O–H groups in total. The zero-order valence-electron chi connectivity index (χ0n) is 38.2. The van der Waals surface area contributed by atoms with Gasteiger partial charge < -0.3 is 15.5 Å². The van der Waals surface area contributed by atoms with E-state index in [0.29, 0.717) is 6.42 Å². The third-order valence-corrected chi connectivity index (χ3v) is 11.9. The largest absolute Gasteiger partial charge is 0.394 e. The maximum Gasteiger partial charge on any atom is 0.220 e. The highest BCUT2D eigenvalue weighted by molar-refractivity contribution is 5.76. The molecule has 0 saturated heterocycles. The molecule has 4 nitrogen and oxygen atoms in total. The molecule has 0 bridgehead atoms. The number of aliphatic hydroxyl groups excluding tert-OH is 2. The molecule has 0 aromatic rings. The number of nitrogens with one attached hydrogen (secondary N) is 1. The van der Waals surface area contributed by atoms with Gasteiger partial charge in [0.25, 0.3) is 0 Å². The van der Waals surface area contributed by atoms with Crippen LogP contribution in [0.4, 0.5) is 0 Å². The number of carbonyl (C=O) groups is 1. The summed E-state index contributed by atoms with van der Waals surface area (Å²) in [6.07, 6.45) is 63.1. The van der Waals surface area contributed by atoms with E-state index >= 15 is 0 Å². The molecule has 4 heteroatoms. The predicted octanol–water partition coefficient (Wildman–Crippen LogP) is 16.4. The van der Waals surface area contributed by atoms with Crippen molar-refractivity contribution in [1.29, 1.82) is 0 Å². The minimum Gasteiger partial charge on any atom is -0.394 e. The number of hydrogen-bond acceptors (Lipinski definition) is 3. The molecule has 332 valence electrons. The van der Waals surface area contributed by atoms with Gasteiger partial charge in [0.05, 0.1) is 18.8 Å². The summed E-state index contributed by atoms with van der Waals surface area (Å²) in [5.74, 6) is -0.0623. The molecule has 0 saturated carbocycles. The summed E-state index contributed by atoms with van der Waals surface area (Å²) in [6, 6.07) is -0.621. The van der Waals surface area contributed by atoms with Gasteiger partial charge in [0.15, 0.2) is 0 Å². The maximum absolute atomic E-state index is 12.4. The number of rotatable bonds is 47. The number of aliphatic hydroxyl groups is 2. The van der Waals surface area contributed by atoms with Crippen molar-refractivity contribution in [2.24, 2.45) is 0 Å². The van der Waals surface area contributed by atoms with Gasteiger partial charge in [0, 0.05) is 6.42 Å². The van der Waals surface area contributed by atoms with E-state index in [4.69, 9.17) is 0 Å². The van der Waals surface area contributed by atoms with Gasteiger partial charge in [-0.15, -0.1) is 0 Å². The first-order valence-electron chi connectivity index (χ1n) is 25.6. The zero-order valence-corrected chi connectivity index (χ0v) is 38.2. The number of unbranched alkanes of at least 4 members (excludes halogenated alkanes) is 38. The third kappa shape index (κ3) is 44.0. The Morgan fingerprint density at radius 3 is 0.982 bits per heavy atom. The molecule has 1 amide bonds. The van der Waals surface area contributed by atoms with Crippen LogP contribution in [0.1, 0.15) is 284 Å². The third-order valence-electron chi connectivity index (χ3n) is 11.9. The SMILES string of the molecule is CCCCCCCCCC/C=C\CCCCCCCCCCCC(=O)NC(CO)C(O)/C=C/CCCCCCCCCCCCCCCCCCCCCCC. The first kappa shape index (κ1) is 54.9. The van der Waals surface area contributed by atoms with Crippen molar-refractivity contribution in [1.82, 2.24) is 5.32 Å². The summed E-state index contributed by atoms with van der Waals surface area (Å²) >= 11 is 0. The summed E-state index contributed by atoms with van der Waals surface area (Å²) in [5.41, 5.74) is 0. The lowest BCUT2D eigenvalue weighted by molar-refractivity contribution is -0.123. The second-order valence-electron chi connectivity index (χ2n) is 17.6. The summed E-state index contributed by atoms with van der Waals surface area (Å²) < 4.78 is 0. The van der Waals surface area contributed by atoms with Crippen LogP contribution in [0.25, 0.3) is 0 Å². The van der Waals surface area contributed by atoms with E-state index in [-0.39, 0.29) is 12.5 Å². The molecule has 0 fully saturated rings. The van der Waals surface area contributed by atoms with E-state index in [2.05, 4.69) is 31.3 Å². The molecule has 0 rings (SSSR count). The van der Waals surface area contributed by atoms with Gasteiger partial charge in [-0.2, -0.15) is 0 Å². The molecule has 0 aliphatic heterocycles. The van der Waals surface area contributed by atoms with Crippen LogP contribution < -0.4 is 5.32 Å². The topological polar surface area (TPSA) is 69.6 Å². The van der Waals surface area contributed by atoms with E-state index in [1.54, 1.807) is 6.08 Å². The molecule has 0 aliphatic carbocycles. The summed E-state index contributed by atoms with van der Waals surface area (Å²) in [7, 11) is 0. The van der Waals surface area contributed by atoms with E-state index in [9.17, 15) is 15.0 Å². The molecule has 0 heterocycles. The van der Waals surface area contributed by atoms with Crippen molar-refractivity contribution in [3.63, 3.8) is 0 Å². The van der Waals surface area contributed by atoms with Crippen molar-refractivity contribution in [2.75, 3.05) is 6.61 Å². The summed E-state index contributed by atoms with van der Waals surface area (Å²) in [6.45, 7) is 4.34. The molecule has 56 heavy (non-hydrogen) atoms. The molecule has 0 aromatic carbocycles. The quantitative estimate of drug-likeness (QED) is 0.0425. The standard InChI is InChI=1S/C52H101NO3/c1-3-5-7-9-11-13-15-17-19-21-23-25-26-28-29-31-33-35-37-39-41-43-45-47-51(55)50(49-54)53-52(56)48-46-44-42-40-38-36-34-32-30-27-24-22-20-18-16-14-12-10-8-6-4-2/h22,24,45,47,50-51,54-55H,3-21,23,25-44,46,48-49H2,1-2H3,(H,53,56)/b24-22-,47-45+. The fourth-order valence-electron chi connectivity index (χ4n) is 8.00. The first-order valence-corrected chi connectivity index (χ1v) is 25.6. The minimum atomic E-state index is -0.838. The zero-order chi connectivity index (χ0) is 40.7. The van der Waals surface area contributed by atoms with E-state index < -0.39 is 12.1 Å². The Hall–Kier alpha value is -1.13. The van der Waals surface area contributed by atoms with Crippen LogP contribution in [-0.4, -0.2) is 34.9 Å². The van der Waals surface area contributed by atoms with Gasteiger partial charge in [-0.25, -0.2) is 0 Å². The van der Waals surface area contributed by atoms with Gasteiger partial charge in [-0.3, -0.25) is 4.79 Å². The maximum atomic E-state index is 12.4. The summed E-state index contributed by atoms with van der Waals surface area (Å²) in [5, 5.41) is 23.1. The van der Waals surface area contributed by atoms with Crippen LogP contribution >= 0.6 is 0 Å². The fraction of sp³-hybridized carbons (Fsp3) is 0.904. The van der Waals surface area contributed by atoms with Crippen molar-refractivity contribution in [2.45, 2.75) is 296 Å². The number of amides is 1. The Balaban J connectivity index is 3.51. The fourth-order valence-corrected chi connectivity index (χ4v) is 8.00. The second-order valence-corrected chi connectivity index (χ2v) is 17.6. The summed E-state index contributed by atoms with van der Waals surface area (Å²) in [4.78, 5) is 12.4. The normalized spacial score (nSPS) is 13.0. The van der Waals surface area contributed by atoms with Crippen LogP contribution in [0.5, 0.6) is 0 Å². The number of allylic oxidation sites excluding steroid dienone is 3. The Kier molecular flexibility index (Phi) is 47.3. The average molecular weight is 788 g/mol. The lowest BCUT2D eigenvalue weighted by atomic mass is 10.0. The lowest BCUT2D eigenvalue weighted by Crippen LogP contribution is -2.45. The molecule has 2 atom stereocenters. The average Bonchev–Trinajstić information content (AvgIpc) is 3.20. The van der Waals surface area contributed by atoms with E-state index in [1.165, 1.54) is 238 Å². The first-order chi connectivity index (χ1) is 27.7. The lowest BCUT2D eigenvalue weighted by Gasteiger charge is -2.20. The molecular formula is C52H101NO3. The molecule has 0 aromatic heterocycles. The van der Waals surface area contributed by atoms with Crippen LogP contribution in [0.15, 0.2) is 24.3 Å². The Bertz CT molecular complexity index is 810. The highest BCUT2D eigenvalue weighted by Crippen LogP contribution is 2.16. The molecular weight excluding hydrogens is 687 g/mol. The van der Waals surface area contributed by atoms with Crippen LogP contribution in [0.2, 0.25) is 0 Å². The van der Waals surface area contributed by atoms with Crippen LogP contribution in [-0.2, 0) is 4.79 Å². The van der Waals surface area contributed by atoms with Gasteiger partial charge in [-0.05, 0) is 44.9 Å². The molecule has 0 aliphatic rings. The van der Waals surface area contributed by atoms with Gasteiger partial charge in [0.2, 0.25) is 5.91 Å². The minimum absolute atomic E-state index is 0.0623. The second kappa shape index (κ2) is 48.2. The Labute approximate surface area is 351 Å². The Morgan fingerprint density at radius 1 is 0.411 bits per heavy atom. The Morgan fingerprint density at radius 2 is 0.679 bits per heavy atom. The molecule has 0 radical (unpaired) electrons. The van der Waals surface area contributed by atoms with Crippen LogP contribution in [0, 0.1) is 0 Å². The van der Waals surface area contributed by atoms with Gasteiger partial charge >= 0.3 is 0 Å². The van der Waals surface area contributed by atoms with Crippen molar-refractivity contribution < 1.29 is 15.0 Å². The van der Waals surface area contributed by atoms with Gasteiger partial charge in [-0.1, -0.05) is 256 Å². The number of carbonyl (C=O) groups excluding carboxylic acids is 1. The van der Waals surface area contributed by atoms with E-state index in [1.807, 2.05) is 6.08 Å². The molecule has 0 spiro atoms. The van der Waals surface area contributed by atoms with Crippen LogP contribution in [0.3, 0.4) is 0 Å². The van der Waals surface area contributed by atoms with Crippen molar-refractivity contribution in [3.05, 3.63) is 24.3 Å². The predicted molar refractivity (Wildman–Crippen MR) is 249 cm³/mol.